The predicted octanol–water partition coefficient (Wildman–Crippen LogP) is 0.225. The van der Waals surface area contributed by atoms with Crippen molar-refractivity contribution in [1.29, 1.82) is 0 Å². The zero-order chi connectivity index (χ0) is 34.1. The Labute approximate surface area is 265 Å². The van der Waals surface area contributed by atoms with Crippen LogP contribution >= 0.6 is 14.5 Å². The number of carbonyl (C=O) groups is 2. The second-order valence-electron chi connectivity index (χ2n) is 10.6. The van der Waals surface area contributed by atoms with Crippen molar-refractivity contribution in [2.75, 3.05) is 18.9 Å². The van der Waals surface area contributed by atoms with Crippen LogP contribution in [0.15, 0.2) is 12.7 Å². The molecule has 258 valence electrons. The van der Waals surface area contributed by atoms with Crippen molar-refractivity contribution in [1.82, 2.24) is 19.5 Å². The molecule has 0 spiro atoms. The number of fused-ring (bicyclic) bond motifs is 1. The molecule has 2 aromatic heterocycles. The van der Waals surface area contributed by atoms with E-state index in [0.717, 1.165) is 20.2 Å². The number of hydrogen-bond acceptors (Lipinski definition) is 17. The second kappa shape index (κ2) is 14.5. The van der Waals surface area contributed by atoms with Gasteiger partial charge in [0.05, 0.1) is 19.0 Å². The van der Waals surface area contributed by atoms with E-state index >= 15 is 0 Å². The Morgan fingerprint density at radius 1 is 1.13 bits per heavy atom. The van der Waals surface area contributed by atoms with E-state index in [-0.39, 0.29) is 17.0 Å². The fourth-order valence-electron chi connectivity index (χ4n) is 4.97. The number of rotatable bonds is 12. The summed E-state index contributed by atoms with van der Waals surface area (Å²) in [4.78, 5) is 55.9. The fraction of sp³-hybridized carbons (Fsp3) is 0.696. The zero-order valence-electron chi connectivity index (χ0n) is 24.8. The average Bonchev–Trinajstić information content (AvgIpc) is 3.50. The van der Waals surface area contributed by atoms with Gasteiger partial charge in [-0.05, 0) is 17.7 Å². The lowest BCUT2D eigenvalue weighted by Crippen LogP contribution is -2.55. The highest BCUT2D eigenvalue weighted by molar-refractivity contribution is 8.08. The zero-order valence-corrected chi connectivity index (χ0v) is 27.4. The van der Waals surface area contributed by atoms with Crippen molar-refractivity contribution in [2.45, 2.75) is 76.9 Å². The first-order valence-corrected chi connectivity index (χ1v) is 17.7. The summed E-state index contributed by atoms with van der Waals surface area (Å²) in [6.45, 7) is -0.830. The van der Waals surface area contributed by atoms with E-state index in [1.165, 1.54) is 10.9 Å². The first-order valence-electron chi connectivity index (χ1n) is 13.7. The lowest BCUT2D eigenvalue weighted by molar-refractivity contribution is -0.262. The van der Waals surface area contributed by atoms with Gasteiger partial charge in [0.15, 0.2) is 30.0 Å². The number of aromatic nitrogens is 4. The summed E-state index contributed by atoms with van der Waals surface area (Å²) in [5, 5.41) is 21.2. The number of halogens is 1. The number of aliphatic hydroxyl groups excluding tert-OH is 2. The number of phosphoric acid groups is 1. The average molecular weight is 718 g/mol. The SMILES string of the molecule is CC(=O)OC[C@H](F)C1O[C@@H](OP(=O)(O)OP(O)(=S)OC[C@H]2O[C@@H](n3cnc4c(N)ncnc43)[C@@H](O)C2O)C(OC(C)=O)[C@@H](C)[C@@H]1C. The second-order valence-corrected chi connectivity index (χ2v) is 15.0. The number of nitrogen functional groups attached to an aromatic ring is 1. The molecule has 0 bridgehead atoms. The molecular weight excluding hydrogens is 683 g/mol. The molecule has 0 aliphatic carbocycles. The number of anilines is 1. The maximum Gasteiger partial charge on any atom is 0.481 e. The van der Waals surface area contributed by atoms with Crippen LogP contribution in [0.1, 0.15) is 33.9 Å². The number of alkyl halides is 1. The monoisotopic (exact) mass is 717 g/mol. The summed E-state index contributed by atoms with van der Waals surface area (Å²) in [5.41, 5.74) is 6.18. The van der Waals surface area contributed by atoms with Crippen LogP contribution in [0, 0.1) is 11.8 Å². The summed E-state index contributed by atoms with van der Waals surface area (Å²) in [7, 11) is -5.41. The van der Waals surface area contributed by atoms with Crippen molar-refractivity contribution >= 4 is 55.3 Å². The topological polar surface area (TPSA) is 266 Å². The van der Waals surface area contributed by atoms with Gasteiger partial charge < -0.3 is 49.2 Å². The summed E-state index contributed by atoms with van der Waals surface area (Å²) in [6.07, 6.45) is -9.82. The Morgan fingerprint density at radius 2 is 1.83 bits per heavy atom. The number of imidazole rings is 1. The molecule has 2 saturated heterocycles. The molecule has 0 saturated carbocycles. The van der Waals surface area contributed by atoms with E-state index in [2.05, 4.69) is 15.0 Å². The predicted molar refractivity (Wildman–Crippen MR) is 154 cm³/mol. The molecule has 2 aromatic rings. The van der Waals surface area contributed by atoms with Crippen molar-refractivity contribution in [2.24, 2.45) is 11.8 Å². The van der Waals surface area contributed by atoms with Crippen LogP contribution in [0.3, 0.4) is 0 Å². The Bertz CT molecular complexity index is 1520. The third-order valence-corrected chi connectivity index (χ3v) is 10.9. The number of carbonyl (C=O) groups excluding carboxylic acids is 2. The minimum Gasteiger partial charge on any atom is -0.463 e. The highest BCUT2D eigenvalue weighted by Gasteiger charge is 2.51. The van der Waals surface area contributed by atoms with Crippen LogP contribution in [-0.2, 0) is 58.3 Å². The summed E-state index contributed by atoms with van der Waals surface area (Å²) in [5.74, 6) is -2.87. The Balaban J connectivity index is 1.42. The lowest BCUT2D eigenvalue weighted by Gasteiger charge is -2.44. The first kappa shape index (κ1) is 36.6. The number of esters is 2. The molecule has 46 heavy (non-hydrogen) atoms. The van der Waals surface area contributed by atoms with E-state index < -0.39 is 101 Å². The van der Waals surface area contributed by atoms with Gasteiger partial charge in [-0.3, -0.25) is 18.7 Å². The molecule has 2 fully saturated rings. The number of hydrogen-bond donors (Lipinski definition) is 5. The molecule has 2 aliphatic rings. The molecule has 12 atom stereocenters. The van der Waals surface area contributed by atoms with Crippen LogP contribution in [0.4, 0.5) is 10.2 Å². The van der Waals surface area contributed by atoms with Crippen LogP contribution < -0.4 is 5.73 Å². The van der Waals surface area contributed by atoms with Crippen LogP contribution in [0.2, 0.25) is 0 Å². The van der Waals surface area contributed by atoms with Gasteiger partial charge in [-0.2, -0.15) is 0 Å². The maximum atomic E-state index is 15.0. The number of phosphoric ester groups is 1. The largest absolute Gasteiger partial charge is 0.481 e. The van der Waals surface area contributed by atoms with Crippen molar-refractivity contribution < 1.29 is 70.8 Å². The van der Waals surface area contributed by atoms with Gasteiger partial charge in [-0.25, -0.2) is 28.2 Å². The number of ether oxygens (including phenoxy) is 4. The maximum absolute atomic E-state index is 15.0. The van der Waals surface area contributed by atoms with Crippen molar-refractivity contribution in [3.63, 3.8) is 0 Å². The molecule has 4 heterocycles. The molecule has 19 nitrogen and oxygen atoms in total. The summed E-state index contributed by atoms with van der Waals surface area (Å²) in [6, 6.07) is 0. The van der Waals surface area contributed by atoms with Crippen LogP contribution in [0.25, 0.3) is 11.2 Å². The Kier molecular flexibility index (Phi) is 11.5. The minimum atomic E-state index is -5.41. The van der Waals surface area contributed by atoms with Crippen LogP contribution in [0.5, 0.6) is 0 Å². The quantitative estimate of drug-likeness (QED) is 0.145. The van der Waals surface area contributed by atoms with Gasteiger partial charge in [0.2, 0.25) is 6.29 Å². The van der Waals surface area contributed by atoms with E-state index in [0.29, 0.717) is 0 Å². The molecule has 23 heteroatoms. The van der Waals surface area contributed by atoms with Gasteiger partial charge in [0, 0.05) is 19.8 Å². The molecule has 6 N–H and O–H groups in total. The molecular formula is C23H34FN5O14P2S. The van der Waals surface area contributed by atoms with E-state index in [9.17, 15) is 38.5 Å². The highest BCUT2D eigenvalue weighted by atomic mass is 32.5. The Morgan fingerprint density at radius 3 is 2.48 bits per heavy atom. The molecule has 0 amide bonds. The van der Waals surface area contributed by atoms with E-state index in [1.807, 2.05) is 0 Å². The van der Waals surface area contributed by atoms with Gasteiger partial charge >= 0.3 is 26.5 Å². The Hall–Kier alpha value is -2.26. The smallest absolute Gasteiger partial charge is 0.463 e. The minimum absolute atomic E-state index is 0.0641. The normalized spacial score (nSPS) is 33.2. The fourth-order valence-corrected chi connectivity index (χ4v) is 8.07. The van der Waals surface area contributed by atoms with E-state index in [1.54, 1.807) is 13.8 Å². The van der Waals surface area contributed by atoms with Gasteiger partial charge in [0.1, 0.15) is 36.8 Å². The number of nitrogens with two attached hydrogens (primary N) is 1. The van der Waals surface area contributed by atoms with Gasteiger partial charge in [0.25, 0.3) is 0 Å². The van der Waals surface area contributed by atoms with E-state index in [4.69, 9.17) is 49.8 Å². The molecule has 0 aromatic carbocycles. The number of nitrogens with zero attached hydrogens (tertiary/aromatic N) is 4. The van der Waals surface area contributed by atoms with Crippen molar-refractivity contribution in [3.05, 3.63) is 12.7 Å². The van der Waals surface area contributed by atoms with Gasteiger partial charge in [-0.15, -0.1) is 0 Å². The standard InChI is InChI=1S/C23H34FN5O14P2S/c1-9-10(2)19(39-12(4)31)23(41-18(9)13(24)5-37-11(3)30)42-44(34,35)43-45(36,46)38-6-14-16(32)17(33)22(40-14)29-8-28-15-20(25)26-7-27-21(15)29/h7-10,13-14,16-19,22-23,32-33H,5-6H2,1-4H3,(H,34,35)(H,36,46)(H2,25,26,27)/t9-,10-,13-,14+,16?,17-,18?,19?,22+,23-,45?/m0/s1. The molecule has 4 rings (SSSR count). The molecule has 2 aliphatic heterocycles. The third-order valence-electron chi connectivity index (χ3n) is 7.37. The lowest BCUT2D eigenvalue weighted by atomic mass is 9.82. The summed E-state index contributed by atoms with van der Waals surface area (Å²) < 4.78 is 65.3. The third kappa shape index (κ3) is 8.41. The highest BCUT2D eigenvalue weighted by Crippen LogP contribution is 2.62. The van der Waals surface area contributed by atoms with Crippen molar-refractivity contribution in [3.8, 4) is 0 Å². The van der Waals surface area contributed by atoms with Crippen LogP contribution in [-0.4, -0.2) is 108 Å². The number of aliphatic hydroxyl groups is 2. The summed E-state index contributed by atoms with van der Waals surface area (Å²) >= 11 is 4.84. The van der Waals surface area contributed by atoms with Gasteiger partial charge in [-0.1, -0.05) is 13.8 Å². The molecule has 5 unspecified atom stereocenters. The molecule has 0 radical (unpaired) electrons. The first-order chi connectivity index (χ1) is 21.4.